The Bertz CT molecular complexity index is 679. The second kappa shape index (κ2) is 8.64. The van der Waals surface area contributed by atoms with E-state index in [1.807, 2.05) is 0 Å². The highest BCUT2D eigenvalue weighted by molar-refractivity contribution is 7.14. The minimum absolute atomic E-state index is 1.15. The van der Waals surface area contributed by atoms with E-state index in [-0.39, 0.29) is 0 Å². The molecule has 0 aliphatic carbocycles. The Morgan fingerprint density at radius 1 is 0.640 bits per heavy atom. The van der Waals surface area contributed by atoms with Gasteiger partial charge in [0.1, 0.15) is 0 Å². The molecular weight excluding hydrogens is 316 g/mol. The molecule has 0 heterocycles. The summed E-state index contributed by atoms with van der Waals surface area (Å²) in [4.78, 5) is 0. The van der Waals surface area contributed by atoms with Gasteiger partial charge < -0.3 is 0 Å². The van der Waals surface area contributed by atoms with Crippen LogP contribution >= 0.6 is 0 Å². The van der Waals surface area contributed by atoms with E-state index >= 15 is 0 Å². The minimum atomic E-state index is -2.15. The first kappa shape index (κ1) is 17.4. The first-order valence-corrected chi connectivity index (χ1v) is 11.3. The molecule has 3 rings (SSSR count). The summed E-state index contributed by atoms with van der Waals surface area (Å²) in [6.07, 6.45) is 6.06. The quantitative estimate of drug-likeness (QED) is 0.338. The van der Waals surface area contributed by atoms with Gasteiger partial charge in [-0.1, -0.05) is 123 Å². The van der Waals surface area contributed by atoms with Gasteiger partial charge in [0, 0.05) is 0 Å². The van der Waals surface area contributed by atoms with E-state index in [2.05, 4.69) is 110 Å². The maximum Gasteiger partial charge on any atom is 0.172 e. The molecule has 0 saturated heterocycles. The third-order valence-electron chi connectivity index (χ3n) is 4.78. The van der Waals surface area contributed by atoms with Gasteiger partial charge in [0.25, 0.3) is 0 Å². The highest BCUT2D eigenvalue weighted by Gasteiger charge is 2.36. The summed E-state index contributed by atoms with van der Waals surface area (Å²) >= 11 is 0. The van der Waals surface area contributed by atoms with Crippen molar-refractivity contribution in [2.45, 2.75) is 26.2 Å². The van der Waals surface area contributed by atoms with Crippen LogP contribution in [0.25, 0.3) is 0 Å². The van der Waals surface area contributed by atoms with Crippen molar-refractivity contribution in [3.05, 3.63) is 103 Å². The van der Waals surface area contributed by atoms with Crippen LogP contribution in [0.2, 0.25) is 0 Å². The van der Waals surface area contributed by atoms with Crippen molar-refractivity contribution in [3.63, 3.8) is 0 Å². The Morgan fingerprint density at radius 2 is 1.04 bits per heavy atom. The number of hydrogen-bond donors (Lipinski definition) is 0. The van der Waals surface area contributed by atoms with E-state index in [1.165, 1.54) is 28.4 Å². The number of unbranched alkanes of at least 4 members (excludes halogenated alkanes) is 2. The Hall–Kier alpha value is -2.38. The van der Waals surface area contributed by atoms with Gasteiger partial charge >= 0.3 is 0 Å². The van der Waals surface area contributed by atoms with Gasteiger partial charge in [-0.05, 0) is 22.0 Å². The van der Waals surface area contributed by atoms with Gasteiger partial charge in [-0.2, -0.15) is 0 Å². The lowest BCUT2D eigenvalue weighted by molar-refractivity contribution is 0.815. The SMILES string of the molecule is CCCC/C=C\[Si](c1ccccc1)(c1ccccc1)c1ccccc1. The van der Waals surface area contributed by atoms with Gasteiger partial charge in [0.05, 0.1) is 0 Å². The molecule has 3 aromatic rings. The van der Waals surface area contributed by atoms with Crippen molar-refractivity contribution in [2.24, 2.45) is 0 Å². The number of allylic oxidation sites excluding steroid dienone is 1. The molecule has 0 nitrogen and oxygen atoms in total. The van der Waals surface area contributed by atoms with Gasteiger partial charge in [-0.25, -0.2) is 0 Å². The summed E-state index contributed by atoms with van der Waals surface area (Å²) in [6, 6.07) is 33.2. The molecule has 0 amide bonds. The normalized spacial score (nSPS) is 11.7. The van der Waals surface area contributed by atoms with Crippen LogP contribution in [0.1, 0.15) is 26.2 Å². The van der Waals surface area contributed by atoms with Crippen molar-refractivity contribution in [1.29, 1.82) is 0 Å². The maximum absolute atomic E-state index is 2.54. The second-order valence-corrected chi connectivity index (χ2v) is 10.1. The summed E-state index contributed by atoms with van der Waals surface area (Å²) in [5, 5.41) is 4.33. The Morgan fingerprint density at radius 3 is 1.40 bits per heavy atom. The molecule has 0 radical (unpaired) electrons. The fourth-order valence-electron chi connectivity index (χ4n) is 3.47. The third kappa shape index (κ3) is 3.83. The van der Waals surface area contributed by atoms with Crippen LogP contribution in [0.15, 0.2) is 103 Å². The molecule has 0 fully saturated rings. The number of benzene rings is 3. The van der Waals surface area contributed by atoms with E-state index in [1.54, 1.807) is 0 Å². The van der Waals surface area contributed by atoms with Crippen molar-refractivity contribution >= 4 is 23.6 Å². The van der Waals surface area contributed by atoms with Crippen molar-refractivity contribution in [2.75, 3.05) is 0 Å². The molecule has 0 aliphatic rings. The molecule has 126 valence electrons. The third-order valence-corrected chi connectivity index (χ3v) is 9.25. The summed E-state index contributed by atoms with van der Waals surface area (Å²) in [5.41, 5.74) is 2.54. The molecule has 0 N–H and O–H groups in total. The summed E-state index contributed by atoms with van der Waals surface area (Å²) in [6.45, 7) is 2.25. The molecule has 0 bridgehead atoms. The second-order valence-electron chi connectivity index (χ2n) is 6.45. The zero-order valence-corrected chi connectivity index (χ0v) is 15.9. The molecule has 0 saturated carbocycles. The fraction of sp³-hybridized carbons (Fsp3) is 0.167. The first-order valence-electron chi connectivity index (χ1n) is 9.22. The standard InChI is InChI=1S/C24H26Si/c1-2-3-4-14-21-25(22-15-8-5-9-16-22,23-17-10-6-11-18-23)24-19-12-7-13-20-24/h5-21H,2-4H2,1H3/b21-14-. The smallest absolute Gasteiger partial charge is 0.0914 e. The van der Waals surface area contributed by atoms with Crippen molar-refractivity contribution in [3.8, 4) is 0 Å². The lowest BCUT2D eigenvalue weighted by Crippen LogP contribution is -2.66. The Balaban J connectivity index is 2.22. The van der Waals surface area contributed by atoms with Gasteiger partial charge in [-0.15, -0.1) is 0 Å². The molecule has 0 aliphatic heterocycles. The molecule has 0 unspecified atom stereocenters. The molecular formula is C24H26Si. The predicted octanol–water partition coefficient (Wildman–Crippen LogP) is 4.44. The summed E-state index contributed by atoms with van der Waals surface area (Å²) in [5.74, 6) is 0. The van der Waals surface area contributed by atoms with Crippen molar-refractivity contribution in [1.82, 2.24) is 0 Å². The Labute approximate surface area is 152 Å². The lowest BCUT2D eigenvalue weighted by atomic mass is 10.2. The minimum Gasteiger partial charge on any atom is -0.0914 e. The van der Waals surface area contributed by atoms with Gasteiger partial charge in [-0.3, -0.25) is 0 Å². The molecule has 3 aromatic carbocycles. The fourth-order valence-corrected chi connectivity index (χ4v) is 7.73. The first-order chi connectivity index (χ1) is 12.4. The number of rotatable bonds is 7. The number of hydrogen-bond acceptors (Lipinski definition) is 0. The average Bonchev–Trinajstić information content (AvgIpc) is 2.70. The van der Waals surface area contributed by atoms with Crippen LogP contribution in [0.3, 0.4) is 0 Å². The molecule has 0 spiro atoms. The Kier molecular flexibility index (Phi) is 6.03. The molecule has 1 heteroatoms. The zero-order chi connectivity index (χ0) is 17.4. The molecule has 0 atom stereocenters. The van der Waals surface area contributed by atoms with Crippen LogP contribution in [-0.2, 0) is 0 Å². The van der Waals surface area contributed by atoms with Crippen LogP contribution in [0.4, 0.5) is 0 Å². The van der Waals surface area contributed by atoms with Gasteiger partial charge in [0.2, 0.25) is 0 Å². The average molecular weight is 343 g/mol. The zero-order valence-electron chi connectivity index (χ0n) is 14.9. The summed E-state index contributed by atoms with van der Waals surface area (Å²) < 4.78 is 0. The highest BCUT2D eigenvalue weighted by Crippen LogP contribution is 2.11. The van der Waals surface area contributed by atoms with Crippen LogP contribution in [0, 0.1) is 0 Å². The van der Waals surface area contributed by atoms with E-state index in [9.17, 15) is 0 Å². The van der Waals surface area contributed by atoms with Gasteiger partial charge in [0.15, 0.2) is 8.07 Å². The van der Waals surface area contributed by atoms with Crippen LogP contribution < -0.4 is 15.6 Å². The molecule has 25 heavy (non-hydrogen) atoms. The van der Waals surface area contributed by atoms with E-state index < -0.39 is 8.07 Å². The van der Waals surface area contributed by atoms with Crippen molar-refractivity contribution < 1.29 is 0 Å². The largest absolute Gasteiger partial charge is 0.172 e. The van der Waals surface area contributed by atoms with Crippen LogP contribution in [-0.4, -0.2) is 8.07 Å². The topological polar surface area (TPSA) is 0 Å². The lowest BCUT2D eigenvalue weighted by Gasteiger charge is -2.30. The van der Waals surface area contributed by atoms with E-state index in [4.69, 9.17) is 0 Å². The predicted molar refractivity (Wildman–Crippen MR) is 113 cm³/mol. The maximum atomic E-state index is 2.54. The monoisotopic (exact) mass is 342 g/mol. The van der Waals surface area contributed by atoms with Crippen LogP contribution in [0.5, 0.6) is 0 Å². The van der Waals surface area contributed by atoms with E-state index in [0.717, 1.165) is 6.42 Å². The molecule has 0 aromatic heterocycles. The summed E-state index contributed by atoms with van der Waals surface area (Å²) in [7, 11) is -2.15. The van der Waals surface area contributed by atoms with E-state index in [0.29, 0.717) is 0 Å². The highest BCUT2D eigenvalue weighted by atomic mass is 28.3.